The van der Waals surface area contributed by atoms with Gasteiger partial charge < -0.3 is 20.8 Å². The molecular weight excluding hydrogens is 375 g/mol. The van der Waals surface area contributed by atoms with Crippen molar-refractivity contribution in [1.82, 2.24) is 10.6 Å². The third-order valence-electron chi connectivity index (χ3n) is 4.85. The quantitative estimate of drug-likeness (QED) is 0.510. The molecule has 0 aliphatic heterocycles. The fourth-order valence-electron chi connectivity index (χ4n) is 2.89. The van der Waals surface area contributed by atoms with Gasteiger partial charge in [0.2, 0.25) is 0 Å². The van der Waals surface area contributed by atoms with Crippen LogP contribution in [0, 0.1) is 6.92 Å². The number of rotatable bonds is 8. The van der Waals surface area contributed by atoms with E-state index in [2.05, 4.69) is 10.6 Å². The van der Waals surface area contributed by atoms with Gasteiger partial charge in [-0.15, -0.1) is 0 Å². The summed E-state index contributed by atoms with van der Waals surface area (Å²) in [5.41, 5.74) is 0.0749. The largest absolute Gasteiger partial charge is 0.390 e. The van der Waals surface area contributed by atoms with Crippen molar-refractivity contribution in [3.8, 4) is 0 Å². The number of nitrogens with one attached hydrogen (secondary N) is 2. The number of carbonyl (C=O) groups excluding carboxylic acids is 2. The van der Waals surface area contributed by atoms with E-state index < -0.39 is 36.4 Å². The maximum atomic E-state index is 12.7. The number of alkyl halides is 1. The van der Waals surface area contributed by atoms with E-state index in [0.29, 0.717) is 11.1 Å². The monoisotopic (exact) mass is 402 g/mol. The lowest BCUT2D eigenvalue weighted by Gasteiger charge is -2.37. The van der Waals surface area contributed by atoms with Gasteiger partial charge >= 0.3 is 0 Å². The van der Waals surface area contributed by atoms with Gasteiger partial charge in [-0.3, -0.25) is 9.59 Å². The molecular formula is C22H27FN2O4. The van der Waals surface area contributed by atoms with Crippen molar-refractivity contribution in [3.05, 3.63) is 70.8 Å². The lowest BCUT2D eigenvalue weighted by Crippen LogP contribution is -2.64. The second kappa shape index (κ2) is 9.62. The standard InChI is InChI=1S/C22H27FN2O4/c1-4-18(26)22(3,29)21(25-20(28)17-7-5-6-14(2)12-17)24-19(27)16-10-8-15(13-23)9-11-16/h5-12,18,21,26,29H,4,13H2,1-3H3,(H,24,27)(H,25,28). The number of aryl methyl sites for hydroxylation is 1. The molecule has 0 aliphatic rings. The average molecular weight is 402 g/mol. The Morgan fingerprint density at radius 1 is 1.07 bits per heavy atom. The molecule has 0 aliphatic carbocycles. The zero-order chi connectivity index (χ0) is 21.6. The van der Waals surface area contributed by atoms with Crippen LogP contribution in [0.4, 0.5) is 4.39 Å². The smallest absolute Gasteiger partial charge is 0.252 e. The minimum Gasteiger partial charge on any atom is -0.390 e. The fourth-order valence-corrected chi connectivity index (χ4v) is 2.89. The van der Waals surface area contributed by atoms with Gasteiger partial charge in [-0.2, -0.15) is 0 Å². The molecule has 6 nitrogen and oxygen atoms in total. The number of benzene rings is 2. The van der Waals surface area contributed by atoms with Crippen LogP contribution >= 0.6 is 0 Å². The Morgan fingerprint density at radius 3 is 2.17 bits per heavy atom. The van der Waals surface area contributed by atoms with Gasteiger partial charge in [0.1, 0.15) is 18.4 Å². The summed E-state index contributed by atoms with van der Waals surface area (Å²) in [7, 11) is 0. The third kappa shape index (κ3) is 5.62. The van der Waals surface area contributed by atoms with Crippen molar-refractivity contribution in [1.29, 1.82) is 0 Å². The first-order valence-corrected chi connectivity index (χ1v) is 9.42. The van der Waals surface area contributed by atoms with Gasteiger partial charge in [0.25, 0.3) is 11.8 Å². The Kier molecular flexibility index (Phi) is 7.47. The summed E-state index contributed by atoms with van der Waals surface area (Å²) in [4.78, 5) is 25.3. The SMILES string of the molecule is CCC(O)C(C)(O)C(NC(=O)c1ccc(CF)cc1)NC(=O)c1cccc(C)c1. The van der Waals surface area contributed by atoms with E-state index in [1.165, 1.54) is 31.2 Å². The minimum absolute atomic E-state index is 0.213. The highest BCUT2D eigenvalue weighted by atomic mass is 19.1. The Hall–Kier alpha value is -2.77. The van der Waals surface area contributed by atoms with Crippen LogP contribution in [0.15, 0.2) is 48.5 Å². The molecule has 0 heterocycles. The zero-order valence-electron chi connectivity index (χ0n) is 16.8. The van der Waals surface area contributed by atoms with Crippen molar-refractivity contribution < 1.29 is 24.2 Å². The second-order valence-corrected chi connectivity index (χ2v) is 7.23. The maximum Gasteiger partial charge on any atom is 0.252 e. The van der Waals surface area contributed by atoms with E-state index in [1.54, 1.807) is 25.1 Å². The van der Waals surface area contributed by atoms with E-state index in [1.807, 2.05) is 13.0 Å². The number of halogens is 1. The van der Waals surface area contributed by atoms with Crippen LogP contribution in [0.2, 0.25) is 0 Å². The van der Waals surface area contributed by atoms with Crippen molar-refractivity contribution >= 4 is 11.8 Å². The van der Waals surface area contributed by atoms with Gasteiger partial charge in [0.05, 0.1) is 6.10 Å². The molecule has 29 heavy (non-hydrogen) atoms. The van der Waals surface area contributed by atoms with Crippen LogP contribution in [0.1, 0.15) is 52.1 Å². The molecule has 3 atom stereocenters. The summed E-state index contributed by atoms with van der Waals surface area (Å²) in [5.74, 6) is -1.08. The fraction of sp³-hybridized carbons (Fsp3) is 0.364. The average Bonchev–Trinajstić information content (AvgIpc) is 2.72. The Balaban J connectivity index is 2.26. The first-order chi connectivity index (χ1) is 13.7. The van der Waals surface area contributed by atoms with Gasteiger partial charge in [-0.05, 0) is 50.1 Å². The van der Waals surface area contributed by atoms with Crippen LogP contribution in [0.25, 0.3) is 0 Å². The maximum absolute atomic E-state index is 12.7. The molecule has 0 aromatic heterocycles. The number of aliphatic hydroxyl groups excluding tert-OH is 1. The summed E-state index contributed by atoms with van der Waals surface area (Å²) in [5, 5.41) is 26.2. The molecule has 2 aromatic carbocycles. The van der Waals surface area contributed by atoms with E-state index in [0.717, 1.165) is 5.56 Å². The summed E-state index contributed by atoms with van der Waals surface area (Å²) < 4.78 is 12.7. The van der Waals surface area contributed by atoms with Crippen molar-refractivity contribution in [3.63, 3.8) is 0 Å². The van der Waals surface area contributed by atoms with Crippen LogP contribution in [-0.4, -0.2) is 39.9 Å². The minimum atomic E-state index is -1.83. The molecule has 0 fully saturated rings. The lowest BCUT2D eigenvalue weighted by atomic mass is 9.92. The summed E-state index contributed by atoms with van der Waals surface area (Å²) in [6.45, 7) is 4.22. The van der Waals surface area contributed by atoms with Crippen LogP contribution < -0.4 is 10.6 Å². The molecule has 0 saturated carbocycles. The van der Waals surface area contributed by atoms with E-state index >= 15 is 0 Å². The van der Waals surface area contributed by atoms with E-state index in [-0.39, 0.29) is 12.0 Å². The highest BCUT2D eigenvalue weighted by molar-refractivity contribution is 5.97. The number of hydrogen-bond acceptors (Lipinski definition) is 4. The number of aliphatic hydroxyl groups is 2. The van der Waals surface area contributed by atoms with Crippen molar-refractivity contribution in [2.45, 2.75) is 51.7 Å². The molecule has 0 radical (unpaired) electrons. The number of hydrogen-bond donors (Lipinski definition) is 4. The highest BCUT2D eigenvalue weighted by Gasteiger charge is 2.40. The summed E-state index contributed by atoms with van der Waals surface area (Å²) in [6, 6.07) is 12.7. The van der Waals surface area contributed by atoms with Gasteiger partial charge in [-0.1, -0.05) is 36.8 Å². The highest BCUT2D eigenvalue weighted by Crippen LogP contribution is 2.18. The molecule has 2 amide bonds. The first kappa shape index (κ1) is 22.5. The van der Waals surface area contributed by atoms with Crippen LogP contribution in [0.5, 0.6) is 0 Å². The molecule has 0 bridgehead atoms. The van der Waals surface area contributed by atoms with E-state index in [9.17, 15) is 24.2 Å². The molecule has 0 saturated heterocycles. The molecule has 2 rings (SSSR count). The topological polar surface area (TPSA) is 98.7 Å². The van der Waals surface area contributed by atoms with Gasteiger partial charge in [0, 0.05) is 11.1 Å². The molecule has 4 N–H and O–H groups in total. The van der Waals surface area contributed by atoms with Gasteiger partial charge in [-0.25, -0.2) is 4.39 Å². The Labute approximate surface area is 169 Å². The van der Waals surface area contributed by atoms with Crippen molar-refractivity contribution in [2.24, 2.45) is 0 Å². The predicted molar refractivity (Wildman–Crippen MR) is 108 cm³/mol. The Morgan fingerprint density at radius 2 is 1.66 bits per heavy atom. The molecule has 2 aromatic rings. The van der Waals surface area contributed by atoms with Crippen molar-refractivity contribution in [2.75, 3.05) is 0 Å². The zero-order valence-corrected chi connectivity index (χ0v) is 16.8. The summed E-state index contributed by atoms with van der Waals surface area (Å²) in [6.07, 6.45) is -2.25. The van der Waals surface area contributed by atoms with Crippen LogP contribution in [-0.2, 0) is 6.67 Å². The van der Waals surface area contributed by atoms with E-state index in [4.69, 9.17) is 0 Å². The first-order valence-electron chi connectivity index (χ1n) is 9.42. The normalized spacial score (nSPS) is 15.1. The molecule has 3 unspecified atom stereocenters. The molecule has 7 heteroatoms. The summed E-state index contributed by atoms with van der Waals surface area (Å²) >= 11 is 0. The number of carbonyl (C=O) groups is 2. The third-order valence-corrected chi connectivity index (χ3v) is 4.85. The van der Waals surface area contributed by atoms with Gasteiger partial charge in [0.15, 0.2) is 0 Å². The number of amides is 2. The lowest BCUT2D eigenvalue weighted by molar-refractivity contribution is -0.0894. The predicted octanol–water partition coefficient (Wildman–Crippen LogP) is 2.47. The second-order valence-electron chi connectivity index (χ2n) is 7.23. The molecule has 0 spiro atoms. The van der Waals surface area contributed by atoms with Crippen LogP contribution in [0.3, 0.4) is 0 Å². The Bertz CT molecular complexity index is 852. The molecule has 156 valence electrons.